The highest BCUT2D eigenvalue weighted by Gasteiger charge is 2.26. The molecule has 1 aliphatic heterocycles. The third kappa shape index (κ3) is 2.41. The molecule has 0 aromatic heterocycles. The molecule has 0 bridgehead atoms. The van der Waals surface area contributed by atoms with E-state index in [2.05, 4.69) is 8.37 Å². The number of hydrogen-bond donors (Lipinski definition) is 0. The first-order chi connectivity index (χ1) is 6.66. The zero-order valence-corrected chi connectivity index (χ0v) is 8.76. The van der Waals surface area contributed by atoms with Gasteiger partial charge in [-0.1, -0.05) is 32.1 Å². The Labute approximate surface area is 84.2 Å². The van der Waals surface area contributed by atoms with E-state index in [-0.39, 0.29) is 0 Å². The number of rotatable bonds is 2. The molecule has 0 radical (unpaired) electrons. The van der Waals surface area contributed by atoms with Crippen molar-refractivity contribution in [2.45, 2.75) is 38.5 Å². The first kappa shape index (κ1) is 9.83. The second-order valence-electron chi connectivity index (χ2n) is 3.88. The average molecular weight is 218 g/mol. The van der Waals surface area contributed by atoms with Crippen LogP contribution in [0.15, 0.2) is 12.0 Å². The minimum atomic E-state index is -3.74. The summed E-state index contributed by atoms with van der Waals surface area (Å²) >= 11 is 0. The van der Waals surface area contributed by atoms with Crippen molar-refractivity contribution in [3.8, 4) is 0 Å². The fourth-order valence-electron chi connectivity index (χ4n) is 2.04. The molecule has 0 N–H and O–H groups in total. The normalized spacial score (nSPS) is 26.4. The van der Waals surface area contributed by atoms with Crippen LogP contribution in [0.1, 0.15) is 38.5 Å². The molecule has 0 spiro atoms. The topological polar surface area (TPSA) is 52.6 Å². The second-order valence-corrected chi connectivity index (χ2v) is 5.06. The number of hydrogen-bond acceptors (Lipinski definition) is 4. The van der Waals surface area contributed by atoms with Crippen molar-refractivity contribution in [3.05, 3.63) is 12.0 Å². The van der Waals surface area contributed by atoms with Gasteiger partial charge in [0.2, 0.25) is 0 Å². The van der Waals surface area contributed by atoms with E-state index in [1.807, 2.05) is 0 Å². The first-order valence-corrected chi connectivity index (χ1v) is 6.31. The van der Waals surface area contributed by atoms with Crippen LogP contribution in [0.4, 0.5) is 0 Å². The molecule has 1 saturated carbocycles. The van der Waals surface area contributed by atoms with Crippen LogP contribution in [0.2, 0.25) is 0 Å². The van der Waals surface area contributed by atoms with Crippen molar-refractivity contribution < 1.29 is 16.8 Å². The van der Waals surface area contributed by atoms with Gasteiger partial charge in [-0.3, -0.25) is 0 Å². The lowest BCUT2D eigenvalue weighted by Gasteiger charge is -2.20. The summed E-state index contributed by atoms with van der Waals surface area (Å²) in [6.45, 7) is 0. The Hall–Kier alpha value is -0.710. The Morgan fingerprint density at radius 3 is 2.57 bits per heavy atom. The van der Waals surface area contributed by atoms with E-state index in [1.165, 1.54) is 38.4 Å². The summed E-state index contributed by atoms with van der Waals surface area (Å²) in [6, 6.07) is 0. The molecule has 1 heterocycles. The van der Waals surface area contributed by atoms with Crippen LogP contribution in [0.3, 0.4) is 0 Å². The molecular formula is C9H14O4S. The smallest absolute Gasteiger partial charge is 0.357 e. The summed E-state index contributed by atoms with van der Waals surface area (Å²) in [5.41, 5.74) is 0. The predicted octanol–water partition coefficient (Wildman–Crippen LogP) is 2.09. The maximum Gasteiger partial charge on any atom is 0.500 e. The van der Waals surface area contributed by atoms with Gasteiger partial charge in [-0.05, 0) is 5.92 Å². The van der Waals surface area contributed by atoms with Crippen LogP contribution < -0.4 is 0 Å². The van der Waals surface area contributed by atoms with Crippen molar-refractivity contribution in [1.29, 1.82) is 0 Å². The van der Waals surface area contributed by atoms with E-state index in [1.54, 1.807) is 0 Å². The van der Waals surface area contributed by atoms with Crippen LogP contribution in [0.25, 0.3) is 0 Å². The standard InChI is InChI=1S/C9H14O4S/c10-14(11)12-7-9(13-14)6-8-4-2-1-3-5-8/h7-8H,1-6H2. The molecule has 14 heavy (non-hydrogen) atoms. The van der Waals surface area contributed by atoms with Gasteiger partial charge in [0.15, 0.2) is 5.76 Å². The van der Waals surface area contributed by atoms with Gasteiger partial charge in [-0.15, -0.1) is 8.42 Å². The Morgan fingerprint density at radius 1 is 1.29 bits per heavy atom. The molecule has 80 valence electrons. The lowest BCUT2D eigenvalue weighted by molar-refractivity contribution is 0.307. The molecule has 0 atom stereocenters. The molecule has 0 saturated heterocycles. The molecular weight excluding hydrogens is 204 g/mol. The van der Waals surface area contributed by atoms with Gasteiger partial charge in [0.05, 0.1) is 0 Å². The van der Waals surface area contributed by atoms with Crippen molar-refractivity contribution >= 4 is 10.4 Å². The molecule has 0 aromatic carbocycles. The molecule has 0 aromatic rings. The fraction of sp³-hybridized carbons (Fsp3) is 0.778. The van der Waals surface area contributed by atoms with Crippen LogP contribution >= 0.6 is 0 Å². The van der Waals surface area contributed by atoms with E-state index in [0.717, 1.165) is 0 Å². The van der Waals surface area contributed by atoms with E-state index in [0.29, 0.717) is 18.1 Å². The fourth-order valence-corrected chi connectivity index (χ4v) is 2.67. The average Bonchev–Trinajstić information content (AvgIpc) is 2.47. The third-order valence-corrected chi connectivity index (χ3v) is 3.47. The maximum atomic E-state index is 10.8. The first-order valence-electron chi connectivity index (χ1n) is 4.97. The zero-order chi connectivity index (χ0) is 10.0. The maximum absolute atomic E-state index is 10.8. The van der Waals surface area contributed by atoms with Crippen molar-refractivity contribution in [3.63, 3.8) is 0 Å². The molecule has 1 fully saturated rings. The molecule has 4 nitrogen and oxygen atoms in total. The minimum Gasteiger partial charge on any atom is -0.357 e. The summed E-state index contributed by atoms with van der Waals surface area (Å²) in [5, 5.41) is 0. The quantitative estimate of drug-likeness (QED) is 0.712. The third-order valence-electron chi connectivity index (χ3n) is 2.72. The van der Waals surface area contributed by atoms with Crippen LogP contribution in [0, 0.1) is 5.92 Å². The Balaban J connectivity index is 1.86. The summed E-state index contributed by atoms with van der Waals surface area (Å²) in [7, 11) is -3.74. The van der Waals surface area contributed by atoms with E-state index in [4.69, 9.17) is 0 Å². The molecule has 5 heteroatoms. The van der Waals surface area contributed by atoms with E-state index in [9.17, 15) is 8.42 Å². The van der Waals surface area contributed by atoms with Crippen LogP contribution in [-0.4, -0.2) is 8.42 Å². The minimum absolute atomic E-state index is 0.455. The largest absolute Gasteiger partial charge is 0.500 e. The predicted molar refractivity (Wildman–Crippen MR) is 50.4 cm³/mol. The molecule has 2 aliphatic rings. The molecule has 2 rings (SSSR count). The SMILES string of the molecule is O=S1(=O)OC=C(CC2CCCCC2)O1. The second kappa shape index (κ2) is 3.81. The van der Waals surface area contributed by atoms with Gasteiger partial charge in [-0.25, -0.2) is 0 Å². The zero-order valence-electron chi connectivity index (χ0n) is 7.94. The Morgan fingerprint density at radius 2 is 2.00 bits per heavy atom. The summed E-state index contributed by atoms with van der Waals surface area (Å²) in [4.78, 5) is 0. The highest BCUT2D eigenvalue weighted by Crippen LogP contribution is 2.31. The van der Waals surface area contributed by atoms with Gasteiger partial charge in [-0.2, -0.15) is 0 Å². The summed E-state index contributed by atoms with van der Waals surface area (Å²) in [5.74, 6) is 1.02. The Kier molecular flexibility index (Phi) is 2.67. The molecule has 0 unspecified atom stereocenters. The van der Waals surface area contributed by atoms with Crippen LogP contribution in [0.5, 0.6) is 0 Å². The lowest BCUT2D eigenvalue weighted by atomic mass is 9.87. The van der Waals surface area contributed by atoms with Gasteiger partial charge in [0.25, 0.3) is 0 Å². The van der Waals surface area contributed by atoms with Crippen LogP contribution in [-0.2, 0) is 18.8 Å². The highest BCUT2D eigenvalue weighted by atomic mass is 32.3. The summed E-state index contributed by atoms with van der Waals surface area (Å²) in [6.07, 6.45) is 8.02. The monoisotopic (exact) mass is 218 g/mol. The van der Waals surface area contributed by atoms with E-state index >= 15 is 0 Å². The number of allylic oxidation sites excluding steroid dienone is 1. The van der Waals surface area contributed by atoms with Gasteiger partial charge < -0.3 is 8.37 Å². The highest BCUT2D eigenvalue weighted by molar-refractivity contribution is 7.82. The summed E-state index contributed by atoms with van der Waals surface area (Å²) < 4.78 is 30.6. The van der Waals surface area contributed by atoms with Gasteiger partial charge in [0, 0.05) is 6.42 Å². The molecule has 1 aliphatic carbocycles. The van der Waals surface area contributed by atoms with Crippen molar-refractivity contribution in [1.82, 2.24) is 0 Å². The van der Waals surface area contributed by atoms with Crippen molar-refractivity contribution in [2.75, 3.05) is 0 Å². The van der Waals surface area contributed by atoms with E-state index < -0.39 is 10.4 Å². The molecule has 0 amide bonds. The Bertz CT molecular complexity index is 325. The lowest BCUT2D eigenvalue weighted by Crippen LogP contribution is -2.08. The van der Waals surface area contributed by atoms with Gasteiger partial charge >= 0.3 is 10.4 Å². The van der Waals surface area contributed by atoms with Crippen molar-refractivity contribution in [2.24, 2.45) is 5.92 Å². The van der Waals surface area contributed by atoms with Gasteiger partial charge in [0.1, 0.15) is 6.26 Å².